The number of ether oxygens (including phenoxy) is 2. The molecule has 1 aromatic rings. The number of hydrogen-bond acceptors (Lipinski definition) is 3. The minimum atomic E-state index is -1.84. The van der Waals surface area contributed by atoms with Gasteiger partial charge in [0.25, 0.3) is 5.97 Å². The summed E-state index contributed by atoms with van der Waals surface area (Å²) in [6.07, 6.45) is 7.15. The first-order valence-corrected chi connectivity index (χ1v) is 10.0. The van der Waals surface area contributed by atoms with E-state index in [1.54, 1.807) is 13.8 Å². The fraction of sp³-hybridized carbons (Fsp3) is 0.714. The molecule has 0 aliphatic heterocycles. The molecule has 1 atom stereocenters. The van der Waals surface area contributed by atoms with Gasteiger partial charge in [0.1, 0.15) is 0 Å². The van der Waals surface area contributed by atoms with Crippen molar-refractivity contribution in [3.63, 3.8) is 0 Å². The number of unbranched alkanes of at least 4 members (excludes halogenated alkanes) is 5. The van der Waals surface area contributed by atoms with E-state index in [-0.39, 0.29) is 25.2 Å². The highest BCUT2D eigenvalue weighted by Crippen LogP contribution is 2.31. The lowest BCUT2D eigenvalue weighted by Gasteiger charge is -2.35. The second kappa shape index (κ2) is 12.4. The first-order chi connectivity index (χ1) is 12.9. The van der Waals surface area contributed by atoms with Gasteiger partial charge in [-0.2, -0.15) is 0 Å². The molecule has 0 saturated heterocycles. The Hall–Kier alpha value is -1.11. The van der Waals surface area contributed by atoms with Crippen molar-refractivity contribution in [3.05, 3.63) is 35.1 Å². The number of halogens is 3. The van der Waals surface area contributed by atoms with E-state index in [1.807, 2.05) is 0 Å². The summed E-state index contributed by atoms with van der Waals surface area (Å²) >= 11 is 0. The Morgan fingerprint density at radius 2 is 1.41 bits per heavy atom. The van der Waals surface area contributed by atoms with Gasteiger partial charge in [0.2, 0.25) is 0 Å². The van der Waals surface area contributed by atoms with Gasteiger partial charge < -0.3 is 14.6 Å². The molecule has 0 bridgehead atoms. The molecule has 1 aromatic carbocycles. The molecule has 0 aliphatic carbocycles. The zero-order chi connectivity index (χ0) is 20.3. The summed E-state index contributed by atoms with van der Waals surface area (Å²) in [5.41, 5.74) is 0.264. The maximum Gasteiger partial charge on any atom is 0.283 e. The van der Waals surface area contributed by atoms with Crippen LogP contribution in [0.4, 0.5) is 13.2 Å². The van der Waals surface area contributed by atoms with Crippen LogP contribution in [-0.4, -0.2) is 24.3 Å². The third-order valence-electron chi connectivity index (χ3n) is 4.65. The molecule has 3 nitrogen and oxygen atoms in total. The molecule has 6 heteroatoms. The summed E-state index contributed by atoms with van der Waals surface area (Å²) in [6.45, 7) is 6.10. The van der Waals surface area contributed by atoms with Crippen LogP contribution in [0, 0.1) is 23.4 Å². The maximum absolute atomic E-state index is 13.6. The minimum absolute atomic E-state index is 0.125. The quantitative estimate of drug-likeness (QED) is 0.250. The normalized spacial score (nSPS) is 13.1. The van der Waals surface area contributed by atoms with Crippen LogP contribution in [0.2, 0.25) is 0 Å². The van der Waals surface area contributed by atoms with E-state index in [0.717, 1.165) is 37.8 Å². The molecule has 0 heterocycles. The van der Waals surface area contributed by atoms with E-state index in [1.165, 1.54) is 12.8 Å². The standard InChI is InChI=1S/C21H33F3O3/c1-4-7-8-9-10-11-12-17(21(25,26-5-2)27-6-3)13-16-14-18(22)20(24)19(23)15-16/h14-15,17,25H,4-13H2,1-3H3. The largest absolute Gasteiger partial charge is 0.343 e. The summed E-state index contributed by atoms with van der Waals surface area (Å²) in [5, 5.41) is 10.9. The Morgan fingerprint density at radius 3 is 1.93 bits per heavy atom. The highest BCUT2D eigenvalue weighted by molar-refractivity contribution is 5.20. The van der Waals surface area contributed by atoms with Gasteiger partial charge in [-0.25, -0.2) is 13.2 Å². The second-order valence-corrected chi connectivity index (χ2v) is 6.83. The fourth-order valence-corrected chi connectivity index (χ4v) is 3.29. The Balaban J connectivity index is 2.89. The Labute approximate surface area is 160 Å². The van der Waals surface area contributed by atoms with Gasteiger partial charge in [0.15, 0.2) is 17.5 Å². The van der Waals surface area contributed by atoms with E-state index in [2.05, 4.69) is 6.92 Å². The predicted molar refractivity (Wildman–Crippen MR) is 99.7 cm³/mol. The molecule has 1 rings (SSSR count). The Kier molecular flexibility index (Phi) is 11.0. The van der Waals surface area contributed by atoms with Gasteiger partial charge in [-0.3, -0.25) is 0 Å². The molecule has 1 N–H and O–H groups in total. The summed E-state index contributed by atoms with van der Waals surface area (Å²) in [6, 6.07) is 1.93. The summed E-state index contributed by atoms with van der Waals surface area (Å²) in [4.78, 5) is 0. The van der Waals surface area contributed by atoms with Crippen LogP contribution in [0.1, 0.15) is 71.3 Å². The van der Waals surface area contributed by atoms with Crippen LogP contribution >= 0.6 is 0 Å². The number of hydrogen-bond donors (Lipinski definition) is 1. The SMILES string of the molecule is CCCCCCCCC(Cc1cc(F)c(F)c(F)c1)C(O)(OCC)OCC. The highest BCUT2D eigenvalue weighted by atomic mass is 19.2. The summed E-state index contributed by atoms with van der Waals surface area (Å²) in [5.74, 6) is -6.32. The molecule has 156 valence electrons. The number of rotatable bonds is 14. The first kappa shape index (κ1) is 23.9. The molecule has 27 heavy (non-hydrogen) atoms. The molecule has 0 saturated carbocycles. The van der Waals surface area contributed by atoms with Crippen LogP contribution in [-0.2, 0) is 15.9 Å². The topological polar surface area (TPSA) is 38.7 Å². The van der Waals surface area contributed by atoms with E-state index in [9.17, 15) is 18.3 Å². The van der Waals surface area contributed by atoms with Crippen molar-refractivity contribution in [2.24, 2.45) is 5.92 Å². The molecule has 0 amide bonds. The zero-order valence-corrected chi connectivity index (χ0v) is 16.7. The fourth-order valence-electron chi connectivity index (χ4n) is 3.29. The van der Waals surface area contributed by atoms with E-state index < -0.39 is 29.3 Å². The van der Waals surface area contributed by atoms with E-state index in [4.69, 9.17) is 9.47 Å². The predicted octanol–water partition coefficient (Wildman–Crippen LogP) is 5.73. The number of aliphatic hydroxyl groups is 1. The summed E-state index contributed by atoms with van der Waals surface area (Å²) in [7, 11) is 0. The van der Waals surface area contributed by atoms with Crippen LogP contribution in [0.5, 0.6) is 0 Å². The first-order valence-electron chi connectivity index (χ1n) is 10.0. The zero-order valence-electron chi connectivity index (χ0n) is 16.7. The molecule has 0 aliphatic rings. The van der Waals surface area contributed by atoms with Gasteiger partial charge in [0.05, 0.1) is 0 Å². The van der Waals surface area contributed by atoms with Crippen molar-refractivity contribution in [3.8, 4) is 0 Å². The van der Waals surface area contributed by atoms with Gasteiger partial charge in [-0.15, -0.1) is 0 Å². The van der Waals surface area contributed by atoms with Gasteiger partial charge in [0, 0.05) is 19.1 Å². The highest BCUT2D eigenvalue weighted by Gasteiger charge is 2.38. The van der Waals surface area contributed by atoms with Crippen molar-refractivity contribution in [1.29, 1.82) is 0 Å². The second-order valence-electron chi connectivity index (χ2n) is 6.83. The lowest BCUT2D eigenvalue weighted by molar-refractivity contribution is -0.384. The molecular weight excluding hydrogens is 357 g/mol. The smallest absolute Gasteiger partial charge is 0.283 e. The van der Waals surface area contributed by atoms with Crippen LogP contribution in [0.3, 0.4) is 0 Å². The third-order valence-corrected chi connectivity index (χ3v) is 4.65. The maximum atomic E-state index is 13.6. The molecule has 0 radical (unpaired) electrons. The average molecular weight is 390 g/mol. The lowest BCUT2D eigenvalue weighted by Crippen LogP contribution is -2.45. The monoisotopic (exact) mass is 390 g/mol. The van der Waals surface area contributed by atoms with Crippen molar-refractivity contribution in [1.82, 2.24) is 0 Å². The third kappa shape index (κ3) is 7.80. The van der Waals surface area contributed by atoms with Crippen molar-refractivity contribution >= 4 is 0 Å². The lowest BCUT2D eigenvalue weighted by atomic mass is 9.90. The number of benzene rings is 1. The summed E-state index contributed by atoms with van der Waals surface area (Å²) < 4.78 is 51.3. The molecule has 0 spiro atoms. The van der Waals surface area contributed by atoms with Crippen LogP contribution in [0.25, 0.3) is 0 Å². The molecular formula is C21H33F3O3. The Bertz CT molecular complexity index is 522. The van der Waals surface area contributed by atoms with Gasteiger partial charge in [-0.05, 0) is 44.4 Å². The van der Waals surface area contributed by atoms with Gasteiger partial charge in [-0.1, -0.05) is 45.4 Å². The minimum Gasteiger partial charge on any atom is -0.343 e. The molecule has 1 unspecified atom stereocenters. The van der Waals surface area contributed by atoms with Crippen LogP contribution < -0.4 is 0 Å². The van der Waals surface area contributed by atoms with Crippen molar-refractivity contribution in [2.45, 2.75) is 78.1 Å². The van der Waals surface area contributed by atoms with Crippen molar-refractivity contribution in [2.75, 3.05) is 13.2 Å². The molecule has 0 fully saturated rings. The van der Waals surface area contributed by atoms with E-state index in [0.29, 0.717) is 6.42 Å². The Morgan fingerprint density at radius 1 is 0.889 bits per heavy atom. The van der Waals surface area contributed by atoms with Crippen LogP contribution in [0.15, 0.2) is 12.1 Å². The van der Waals surface area contributed by atoms with Crippen molar-refractivity contribution < 1.29 is 27.8 Å². The van der Waals surface area contributed by atoms with E-state index >= 15 is 0 Å². The molecule has 0 aromatic heterocycles. The van der Waals surface area contributed by atoms with Gasteiger partial charge >= 0.3 is 0 Å². The average Bonchev–Trinajstić information content (AvgIpc) is 2.61.